The van der Waals surface area contributed by atoms with Crippen molar-refractivity contribution in [2.24, 2.45) is 4.99 Å². The van der Waals surface area contributed by atoms with Crippen LogP contribution >= 0.6 is 0 Å². The molecule has 1 amide bonds. The molecule has 0 spiro atoms. The van der Waals surface area contributed by atoms with Crippen LogP contribution in [0.15, 0.2) is 23.2 Å². The first-order chi connectivity index (χ1) is 10.7. The molecule has 2 aliphatic heterocycles. The maximum absolute atomic E-state index is 12.6. The van der Waals surface area contributed by atoms with Crippen molar-refractivity contribution in [2.45, 2.75) is 25.3 Å². The summed E-state index contributed by atoms with van der Waals surface area (Å²) in [5.74, 6) is 0.526. The van der Waals surface area contributed by atoms with E-state index in [-0.39, 0.29) is 12.4 Å². The number of likely N-dealkylation sites (tertiary alicyclic amines) is 1. The Morgan fingerprint density at radius 2 is 2.32 bits per heavy atom. The average Bonchev–Trinajstić information content (AvgIpc) is 2.54. The van der Waals surface area contributed by atoms with Crippen LogP contribution in [0.4, 0.5) is 5.69 Å². The normalized spacial score (nSPS) is 21.1. The van der Waals surface area contributed by atoms with Crippen LogP contribution in [0.2, 0.25) is 0 Å². The number of hydroxylamine groups is 1. The number of hydrogen-bond donors (Lipinski definition) is 2. The number of nitrogen functional groups attached to an aromatic ring is 1. The second-order valence-corrected chi connectivity index (χ2v) is 5.35. The Labute approximate surface area is 128 Å². The molecule has 1 fully saturated rings. The van der Waals surface area contributed by atoms with E-state index < -0.39 is 6.04 Å². The molecular formula is C15H18N4O3. The van der Waals surface area contributed by atoms with Crippen LogP contribution in [0.1, 0.15) is 24.0 Å². The van der Waals surface area contributed by atoms with Crippen LogP contribution in [-0.2, 0) is 20.8 Å². The summed E-state index contributed by atoms with van der Waals surface area (Å²) in [7, 11) is 0. The number of nitrogens with zero attached hydrogens (tertiary/aromatic N) is 2. The van der Waals surface area contributed by atoms with E-state index in [1.54, 1.807) is 4.90 Å². The third-order valence-electron chi connectivity index (χ3n) is 4.03. The second-order valence-electron chi connectivity index (χ2n) is 5.35. The van der Waals surface area contributed by atoms with Gasteiger partial charge in [-0.05, 0) is 30.9 Å². The number of piperidine rings is 1. The molecule has 0 aromatic heterocycles. The van der Waals surface area contributed by atoms with Gasteiger partial charge < -0.3 is 10.6 Å². The first-order valence-electron chi connectivity index (χ1n) is 7.30. The molecule has 1 aromatic carbocycles. The summed E-state index contributed by atoms with van der Waals surface area (Å²) >= 11 is 0. The minimum absolute atomic E-state index is 0.137. The molecule has 2 aliphatic rings. The Morgan fingerprint density at radius 1 is 1.45 bits per heavy atom. The van der Waals surface area contributed by atoms with Crippen LogP contribution in [0.5, 0.6) is 0 Å². The second kappa shape index (κ2) is 6.15. The lowest BCUT2D eigenvalue weighted by atomic mass is 9.96. The van der Waals surface area contributed by atoms with E-state index in [4.69, 9.17) is 5.73 Å². The van der Waals surface area contributed by atoms with Gasteiger partial charge in [-0.15, -0.1) is 5.48 Å². The number of carbonyl (C=O) groups is 2. The molecule has 116 valence electrons. The summed E-state index contributed by atoms with van der Waals surface area (Å²) in [6, 6.07) is 5.14. The van der Waals surface area contributed by atoms with Gasteiger partial charge in [0.1, 0.15) is 11.9 Å². The molecule has 3 N–H and O–H groups in total. The molecule has 1 unspecified atom stereocenters. The number of fused-ring (bicyclic) bond motifs is 1. The monoisotopic (exact) mass is 302 g/mol. The Hall–Kier alpha value is -2.41. The van der Waals surface area contributed by atoms with Gasteiger partial charge in [-0.2, -0.15) is 0 Å². The van der Waals surface area contributed by atoms with Gasteiger partial charge in [0.25, 0.3) is 0 Å². The number of nitrogens with two attached hydrogens (primary N) is 1. The van der Waals surface area contributed by atoms with Crippen molar-refractivity contribution in [1.82, 2.24) is 10.4 Å². The molecule has 1 aromatic rings. The molecule has 0 aliphatic carbocycles. The van der Waals surface area contributed by atoms with Crippen molar-refractivity contribution < 1.29 is 14.4 Å². The zero-order chi connectivity index (χ0) is 15.5. The zero-order valence-corrected chi connectivity index (χ0v) is 12.1. The Kier molecular flexibility index (Phi) is 4.06. The minimum Gasteiger partial charge on any atom is -0.398 e. The first kappa shape index (κ1) is 14.5. The van der Waals surface area contributed by atoms with Crippen LogP contribution in [0.25, 0.3) is 0 Å². The number of anilines is 1. The molecule has 3 rings (SSSR count). The van der Waals surface area contributed by atoms with E-state index in [9.17, 15) is 9.59 Å². The standard InChI is InChI=1S/C15H18N4O3/c16-12-4-1-3-11-10(12)6-7-17-14(11)19-8-2-5-13(15(19)21)18-22-9-20/h1,3-4,9,13,18H,2,5-8,16H2. The molecule has 0 radical (unpaired) electrons. The van der Waals surface area contributed by atoms with Gasteiger partial charge in [0.2, 0.25) is 5.91 Å². The van der Waals surface area contributed by atoms with E-state index in [1.165, 1.54) is 0 Å². The molecule has 1 atom stereocenters. The Balaban J connectivity index is 1.88. The average molecular weight is 302 g/mol. The predicted molar refractivity (Wildman–Crippen MR) is 81.0 cm³/mol. The molecule has 1 saturated heterocycles. The van der Waals surface area contributed by atoms with Crippen LogP contribution < -0.4 is 11.2 Å². The number of amidine groups is 1. The maximum Gasteiger partial charge on any atom is 0.312 e. The van der Waals surface area contributed by atoms with Gasteiger partial charge in [0.05, 0.1) is 0 Å². The molecular weight excluding hydrogens is 284 g/mol. The molecule has 0 saturated carbocycles. The first-order valence-corrected chi connectivity index (χ1v) is 7.30. The molecule has 2 heterocycles. The third kappa shape index (κ3) is 2.55. The topological polar surface area (TPSA) is 97.0 Å². The van der Waals surface area contributed by atoms with Gasteiger partial charge in [0.15, 0.2) is 0 Å². The number of rotatable bonds is 3. The number of amides is 1. The minimum atomic E-state index is -0.534. The van der Waals surface area contributed by atoms with Crippen molar-refractivity contribution in [3.63, 3.8) is 0 Å². The molecule has 7 heteroatoms. The lowest BCUT2D eigenvalue weighted by Crippen LogP contribution is -2.53. The quantitative estimate of drug-likeness (QED) is 0.473. The van der Waals surface area contributed by atoms with Crippen molar-refractivity contribution in [3.8, 4) is 0 Å². The maximum atomic E-state index is 12.6. The van der Waals surface area contributed by atoms with E-state index in [1.807, 2.05) is 18.2 Å². The third-order valence-corrected chi connectivity index (χ3v) is 4.03. The fourth-order valence-electron chi connectivity index (χ4n) is 2.99. The number of aliphatic imine (C=N–C) groups is 1. The highest BCUT2D eigenvalue weighted by Gasteiger charge is 2.34. The van der Waals surface area contributed by atoms with E-state index in [2.05, 4.69) is 15.3 Å². The number of hydrogen-bond acceptors (Lipinski definition) is 6. The smallest absolute Gasteiger partial charge is 0.312 e. The van der Waals surface area contributed by atoms with Crippen LogP contribution in [0, 0.1) is 0 Å². The lowest BCUT2D eigenvalue weighted by Gasteiger charge is -2.34. The fourth-order valence-corrected chi connectivity index (χ4v) is 2.99. The van der Waals surface area contributed by atoms with Crippen LogP contribution in [0.3, 0.4) is 0 Å². The van der Waals surface area contributed by atoms with Crippen molar-refractivity contribution in [3.05, 3.63) is 29.3 Å². The number of carbonyl (C=O) groups excluding carboxylic acids is 2. The summed E-state index contributed by atoms with van der Waals surface area (Å²) in [6.07, 6.45) is 2.21. The van der Waals surface area contributed by atoms with Gasteiger partial charge in [-0.25, -0.2) is 0 Å². The van der Waals surface area contributed by atoms with Gasteiger partial charge in [-0.1, -0.05) is 12.1 Å². The predicted octanol–water partition coefficient (Wildman–Crippen LogP) is 0.240. The zero-order valence-electron chi connectivity index (χ0n) is 12.1. The summed E-state index contributed by atoms with van der Waals surface area (Å²) in [5, 5.41) is 0. The summed E-state index contributed by atoms with van der Waals surface area (Å²) in [5.41, 5.74) is 11.2. The van der Waals surface area contributed by atoms with Crippen LogP contribution in [-0.4, -0.2) is 42.2 Å². The van der Waals surface area contributed by atoms with Crippen molar-refractivity contribution >= 4 is 23.9 Å². The molecule has 22 heavy (non-hydrogen) atoms. The highest BCUT2D eigenvalue weighted by atomic mass is 16.7. The Bertz CT molecular complexity index is 629. The fraction of sp³-hybridized carbons (Fsp3) is 0.400. The summed E-state index contributed by atoms with van der Waals surface area (Å²) < 4.78 is 0. The highest BCUT2D eigenvalue weighted by molar-refractivity contribution is 6.11. The number of nitrogens with one attached hydrogen (secondary N) is 1. The largest absolute Gasteiger partial charge is 0.398 e. The Morgan fingerprint density at radius 3 is 3.14 bits per heavy atom. The van der Waals surface area contributed by atoms with E-state index in [0.29, 0.717) is 25.3 Å². The van der Waals surface area contributed by atoms with E-state index >= 15 is 0 Å². The van der Waals surface area contributed by atoms with Gasteiger partial charge >= 0.3 is 6.47 Å². The summed E-state index contributed by atoms with van der Waals surface area (Å²) in [4.78, 5) is 33.6. The van der Waals surface area contributed by atoms with Crippen molar-refractivity contribution in [1.29, 1.82) is 0 Å². The molecule has 7 nitrogen and oxygen atoms in total. The lowest BCUT2D eigenvalue weighted by molar-refractivity contribution is -0.144. The molecule has 0 bridgehead atoms. The van der Waals surface area contributed by atoms with Gasteiger partial charge in [0, 0.05) is 24.3 Å². The van der Waals surface area contributed by atoms with Gasteiger partial charge in [-0.3, -0.25) is 19.5 Å². The highest BCUT2D eigenvalue weighted by Crippen LogP contribution is 2.25. The number of benzene rings is 1. The van der Waals surface area contributed by atoms with Crippen molar-refractivity contribution in [2.75, 3.05) is 18.8 Å². The summed E-state index contributed by atoms with van der Waals surface area (Å²) in [6.45, 7) is 1.49. The SMILES string of the molecule is Nc1cccc2c1CCN=C2N1CCCC(NOC=O)C1=O. The van der Waals surface area contributed by atoms with E-state index in [0.717, 1.165) is 29.7 Å².